The maximum Gasteiger partial charge on any atom is 0.337 e. The molecule has 2 amide bonds. The molecule has 2 rings (SSSR count). The van der Waals surface area contributed by atoms with Gasteiger partial charge in [0.05, 0.1) is 18.2 Å². The van der Waals surface area contributed by atoms with Crippen molar-refractivity contribution in [2.75, 3.05) is 26.2 Å². The first-order valence-electron chi connectivity index (χ1n) is 8.85. The number of hydrogen-bond acceptors (Lipinski definition) is 4. The Morgan fingerprint density at radius 2 is 1.83 bits per heavy atom. The lowest BCUT2D eigenvalue weighted by Crippen LogP contribution is -2.52. The molecule has 1 fully saturated rings. The fraction of sp³-hybridized carbons (Fsp3) is 0.765. The molecule has 0 saturated carbocycles. The molecule has 0 aliphatic carbocycles. The van der Waals surface area contributed by atoms with Crippen LogP contribution < -0.4 is 10.6 Å². The van der Waals surface area contributed by atoms with Gasteiger partial charge in [-0.25, -0.2) is 9.59 Å². The minimum absolute atomic E-state index is 0.230. The van der Waals surface area contributed by atoms with Gasteiger partial charge in [0.2, 0.25) is 0 Å². The van der Waals surface area contributed by atoms with E-state index < -0.39 is 0 Å². The van der Waals surface area contributed by atoms with E-state index in [0.29, 0.717) is 30.8 Å². The van der Waals surface area contributed by atoms with Crippen LogP contribution >= 0.6 is 0 Å². The van der Waals surface area contributed by atoms with Gasteiger partial charge >= 0.3 is 12.0 Å². The van der Waals surface area contributed by atoms with Gasteiger partial charge in [-0.1, -0.05) is 26.2 Å². The number of carbonyl (C=O) groups excluding carboxylic acids is 2. The summed E-state index contributed by atoms with van der Waals surface area (Å²) in [4.78, 5) is 26.6. The van der Waals surface area contributed by atoms with E-state index in [2.05, 4.69) is 15.5 Å². The Labute approximate surface area is 138 Å². The van der Waals surface area contributed by atoms with Crippen molar-refractivity contribution in [1.29, 1.82) is 0 Å². The van der Waals surface area contributed by atoms with Crippen molar-refractivity contribution in [3.63, 3.8) is 0 Å². The molecule has 23 heavy (non-hydrogen) atoms. The maximum atomic E-state index is 12.4. The molecule has 6 nitrogen and oxygen atoms in total. The summed E-state index contributed by atoms with van der Waals surface area (Å²) in [6.07, 6.45) is 6.84. The summed E-state index contributed by atoms with van der Waals surface area (Å²) in [7, 11) is 0. The van der Waals surface area contributed by atoms with E-state index in [1.54, 1.807) is 6.92 Å². The number of hydrogen-bond donors (Lipinski definition) is 2. The Morgan fingerprint density at radius 1 is 1.17 bits per heavy atom. The van der Waals surface area contributed by atoms with Crippen molar-refractivity contribution in [2.24, 2.45) is 0 Å². The maximum absolute atomic E-state index is 12.4. The second-order valence-electron chi connectivity index (χ2n) is 6.22. The van der Waals surface area contributed by atoms with Crippen LogP contribution in [0.5, 0.6) is 0 Å². The number of ether oxygens (including phenoxy) is 1. The predicted molar refractivity (Wildman–Crippen MR) is 88.9 cm³/mol. The summed E-state index contributed by atoms with van der Waals surface area (Å²) >= 11 is 0. The van der Waals surface area contributed by atoms with Crippen LogP contribution in [0.4, 0.5) is 4.79 Å². The number of amides is 2. The third-order valence-corrected chi connectivity index (χ3v) is 4.48. The van der Waals surface area contributed by atoms with Crippen molar-refractivity contribution in [3.8, 4) is 0 Å². The standard InChI is InChI=1S/C17H29N3O3/c1-3-13-15(16(21)23-4-2)14(19-17(22)18-13)12-20-10-8-6-5-7-9-11-20/h13H,3-12H2,1-2H3,(H2,18,19,22)/t13-/m1/s1. The fourth-order valence-corrected chi connectivity index (χ4v) is 3.28. The molecule has 2 heterocycles. The zero-order chi connectivity index (χ0) is 16.7. The average Bonchev–Trinajstić information content (AvgIpc) is 2.49. The van der Waals surface area contributed by atoms with E-state index >= 15 is 0 Å². The van der Waals surface area contributed by atoms with Crippen LogP contribution in [0.2, 0.25) is 0 Å². The minimum Gasteiger partial charge on any atom is -0.463 e. The van der Waals surface area contributed by atoms with Crippen LogP contribution in [0.3, 0.4) is 0 Å². The third-order valence-electron chi connectivity index (χ3n) is 4.48. The largest absolute Gasteiger partial charge is 0.463 e. The Kier molecular flexibility index (Phi) is 6.89. The topological polar surface area (TPSA) is 70.7 Å². The van der Waals surface area contributed by atoms with Crippen LogP contribution in [0.1, 0.15) is 52.4 Å². The Hall–Kier alpha value is -1.56. The second-order valence-corrected chi connectivity index (χ2v) is 6.22. The van der Waals surface area contributed by atoms with Crippen molar-refractivity contribution in [3.05, 3.63) is 11.3 Å². The molecule has 0 unspecified atom stereocenters. The van der Waals surface area contributed by atoms with Gasteiger partial charge in [-0.15, -0.1) is 0 Å². The fourth-order valence-electron chi connectivity index (χ4n) is 3.28. The lowest BCUT2D eigenvalue weighted by molar-refractivity contribution is -0.139. The van der Waals surface area contributed by atoms with E-state index in [1.807, 2.05) is 6.92 Å². The minimum atomic E-state index is -0.325. The van der Waals surface area contributed by atoms with E-state index in [9.17, 15) is 9.59 Å². The Morgan fingerprint density at radius 3 is 2.43 bits per heavy atom. The lowest BCUT2D eigenvalue weighted by atomic mass is 9.99. The van der Waals surface area contributed by atoms with Gasteiger partial charge in [0.15, 0.2) is 0 Å². The van der Waals surface area contributed by atoms with Crippen molar-refractivity contribution < 1.29 is 14.3 Å². The molecule has 2 N–H and O–H groups in total. The van der Waals surface area contributed by atoms with Gasteiger partial charge in [0.1, 0.15) is 0 Å². The highest BCUT2D eigenvalue weighted by Crippen LogP contribution is 2.19. The summed E-state index contributed by atoms with van der Waals surface area (Å²) in [6, 6.07) is -0.500. The summed E-state index contributed by atoms with van der Waals surface area (Å²) in [5, 5.41) is 5.66. The van der Waals surface area contributed by atoms with Gasteiger partial charge in [0.25, 0.3) is 0 Å². The highest BCUT2D eigenvalue weighted by Gasteiger charge is 2.32. The van der Waals surface area contributed by atoms with Gasteiger partial charge in [0, 0.05) is 12.2 Å². The molecule has 0 spiro atoms. The molecule has 0 bridgehead atoms. The highest BCUT2D eigenvalue weighted by atomic mass is 16.5. The van der Waals surface area contributed by atoms with Gasteiger partial charge in [-0.2, -0.15) is 0 Å². The average molecular weight is 323 g/mol. The quantitative estimate of drug-likeness (QED) is 0.761. The summed E-state index contributed by atoms with van der Waals surface area (Å²) in [6.45, 7) is 6.73. The van der Waals surface area contributed by atoms with E-state index in [1.165, 1.54) is 32.1 Å². The number of carbonyl (C=O) groups is 2. The van der Waals surface area contributed by atoms with Crippen molar-refractivity contribution in [1.82, 2.24) is 15.5 Å². The molecular weight excluding hydrogens is 294 g/mol. The molecule has 0 aromatic carbocycles. The third kappa shape index (κ3) is 4.96. The molecule has 1 saturated heterocycles. The number of esters is 1. The SMILES string of the molecule is CCOC(=O)C1=C(CN2CCCCCCC2)NC(=O)N[C@@H]1CC. The van der Waals surface area contributed by atoms with Crippen LogP contribution in [0, 0.1) is 0 Å². The normalized spacial score (nSPS) is 23.6. The Balaban J connectivity index is 2.19. The molecule has 1 atom stereocenters. The first kappa shape index (κ1) is 17.8. The zero-order valence-electron chi connectivity index (χ0n) is 14.3. The van der Waals surface area contributed by atoms with Crippen LogP contribution in [-0.2, 0) is 9.53 Å². The lowest BCUT2D eigenvalue weighted by Gasteiger charge is -2.32. The number of likely N-dealkylation sites (tertiary alicyclic amines) is 1. The van der Waals surface area contributed by atoms with Crippen LogP contribution in [-0.4, -0.2) is 49.2 Å². The van der Waals surface area contributed by atoms with E-state index in [4.69, 9.17) is 4.74 Å². The van der Waals surface area contributed by atoms with E-state index in [0.717, 1.165) is 13.1 Å². The Bertz CT molecular complexity index is 454. The molecular formula is C17H29N3O3. The monoisotopic (exact) mass is 323 g/mol. The van der Waals surface area contributed by atoms with Crippen LogP contribution in [0.15, 0.2) is 11.3 Å². The number of rotatable bonds is 5. The zero-order valence-corrected chi connectivity index (χ0v) is 14.3. The first-order chi connectivity index (χ1) is 11.2. The summed E-state index contributed by atoms with van der Waals surface area (Å²) in [5.74, 6) is -0.325. The van der Waals surface area contributed by atoms with Gasteiger partial charge in [-0.05, 0) is 39.3 Å². The predicted octanol–water partition coefficient (Wildman–Crippen LogP) is 2.16. The number of nitrogens with one attached hydrogen (secondary N) is 2. The molecule has 6 heteroatoms. The molecule has 2 aliphatic rings. The van der Waals surface area contributed by atoms with Gasteiger partial charge in [-0.3, -0.25) is 4.90 Å². The van der Waals surface area contributed by atoms with Gasteiger partial charge < -0.3 is 15.4 Å². The summed E-state index contributed by atoms with van der Waals surface area (Å²) in [5.41, 5.74) is 1.29. The second kappa shape index (κ2) is 8.91. The number of nitrogens with zero attached hydrogens (tertiary/aromatic N) is 1. The number of urea groups is 1. The molecule has 2 aliphatic heterocycles. The molecule has 130 valence electrons. The molecule has 0 radical (unpaired) electrons. The van der Waals surface area contributed by atoms with Crippen molar-refractivity contribution in [2.45, 2.75) is 58.4 Å². The van der Waals surface area contributed by atoms with Crippen LogP contribution in [0.25, 0.3) is 0 Å². The first-order valence-corrected chi connectivity index (χ1v) is 8.85. The van der Waals surface area contributed by atoms with Crippen molar-refractivity contribution >= 4 is 12.0 Å². The van der Waals surface area contributed by atoms with E-state index in [-0.39, 0.29) is 18.0 Å². The molecule has 0 aromatic heterocycles. The molecule has 0 aromatic rings. The summed E-state index contributed by atoms with van der Waals surface area (Å²) < 4.78 is 5.21. The smallest absolute Gasteiger partial charge is 0.337 e. The highest BCUT2D eigenvalue weighted by molar-refractivity contribution is 5.94.